The smallest absolute Gasteiger partial charge is 0.118 e. The Labute approximate surface area is 78.8 Å². The molecule has 0 spiro atoms. The zero-order chi connectivity index (χ0) is 9.84. The number of aryl methyl sites for hydroxylation is 2. The minimum Gasteiger partial charge on any atom is -0.508 e. The molecule has 72 valence electrons. The summed E-state index contributed by atoms with van der Waals surface area (Å²) < 4.78 is 0. The van der Waals surface area contributed by atoms with Crippen molar-refractivity contribution in [3.05, 3.63) is 29.3 Å². The molecule has 1 aromatic carbocycles. The van der Waals surface area contributed by atoms with Crippen LogP contribution >= 0.6 is 0 Å². The normalized spacial score (nSPS) is 12.8. The minimum atomic E-state index is -0.306. The van der Waals surface area contributed by atoms with E-state index < -0.39 is 0 Å². The molecule has 0 bridgehead atoms. The Bertz CT molecular complexity index is 279. The average Bonchev–Trinajstić information content (AvgIpc) is 2.06. The summed E-state index contributed by atoms with van der Waals surface area (Å²) in [4.78, 5) is 0. The molecule has 0 amide bonds. The lowest BCUT2D eigenvalue weighted by molar-refractivity contribution is 0.184. The standard InChI is InChI=1S/C11H16O2/c1-8-3-6-11(13)10(7-8)5-4-9(2)12/h3,6-7,9,12-13H,4-5H2,1-2H3/t9-/m0/s1. The number of hydrogen-bond acceptors (Lipinski definition) is 2. The molecule has 0 fully saturated rings. The van der Waals surface area contributed by atoms with Gasteiger partial charge in [0.1, 0.15) is 5.75 Å². The molecular formula is C11H16O2. The number of rotatable bonds is 3. The predicted octanol–water partition coefficient (Wildman–Crippen LogP) is 2.01. The van der Waals surface area contributed by atoms with Gasteiger partial charge in [-0.05, 0) is 38.3 Å². The van der Waals surface area contributed by atoms with Crippen LogP contribution in [0.25, 0.3) is 0 Å². The molecular weight excluding hydrogens is 164 g/mol. The topological polar surface area (TPSA) is 40.5 Å². The maximum absolute atomic E-state index is 9.47. The molecule has 1 atom stereocenters. The van der Waals surface area contributed by atoms with Gasteiger partial charge in [-0.25, -0.2) is 0 Å². The van der Waals surface area contributed by atoms with Crippen LogP contribution in [0.5, 0.6) is 5.75 Å². The number of aliphatic hydroxyl groups is 1. The van der Waals surface area contributed by atoms with Crippen LogP contribution in [-0.2, 0) is 6.42 Å². The van der Waals surface area contributed by atoms with E-state index in [1.807, 2.05) is 19.1 Å². The van der Waals surface area contributed by atoms with E-state index in [2.05, 4.69) is 0 Å². The summed E-state index contributed by atoms with van der Waals surface area (Å²) in [6.07, 6.45) is 1.11. The van der Waals surface area contributed by atoms with Crippen molar-refractivity contribution in [1.82, 2.24) is 0 Å². The van der Waals surface area contributed by atoms with Crippen LogP contribution in [0.1, 0.15) is 24.5 Å². The van der Waals surface area contributed by atoms with Gasteiger partial charge in [-0.1, -0.05) is 17.7 Å². The monoisotopic (exact) mass is 180 g/mol. The molecule has 0 aliphatic rings. The Hall–Kier alpha value is -1.02. The molecule has 2 heteroatoms. The number of phenols is 1. The van der Waals surface area contributed by atoms with Crippen molar-refractivity contribution in [2.75, 3.05) is 0 Å². The molecule has 13 heavy (non-hydrogen) atoms. The minimum absolute atomic E-state index is 0.306. The van der Waals surface area contributed by atoms with Crippen molar-refractivity contribution >= 4 is 0 Å². The Balaban J connectivity index is 2.70. The van der Waals surface area contributed by atoms with Crippen LogP contribution < -0.4 is 0 Å². The van der Waals surface area contributed by atoms with Crippen molar-refractivity contribution in [2.24, 2.45) is 0 Å². The fourth-order valence-corrected chi connectivity index (χ4v) is 1.28. The van der Waals surface area contributed by atoms with Crippen LogP contribution in [0.3, 0.4) is 0 Å². The lowest BCUT2D eigenvalue weighted by Gasteiger charge is -2.07. The van der Waals surface area contributed by atoms with Gasteiger partial charge in [-0.15, -0.1) is 0 Å². The van der Waals surface area contributed by atoms with Crippen LogP contribution in [0, 0.1) is 6.92 Å². The molecule has 0 saturated heterocycles. The van der Waals surface area contributed by atoms with Gasteiger partial charge in [-0.2, -0.15) is 0 Å². The molecule has 0 heterocycles. The lowest BCUT2D eigenvalue weighted by Crippen LogP contribution is -2.01. The number of hydrogen-bond donors (Lipinski definition) is 2. The van der Waals surface area contributed by atoms with Crippen molar-refractivity contribution in [2.45, 2.75) is 32.8 Å². The van der Waals surface area contributed by atoms with Crippen LogP contribution in [0.4, 0.5) is 0 Å². The van der Waals surface area contributed by atoms with E-state index in [4.69, 9.17) is 5.11 Å². The van der Waals surface area contributed by atoms with E-state index in [0.29, 0.717) is 12.2 Å². The second kappa shape index (κ2) is 4.28. The molecule has 0 aliphatic heterocycles. The van der Waals surface area contributed by atoms with Crippen molar-refractivity contribution < 1.29 is 10.2 Å². The summed E-state index contributed by atoms with van der Waals surface area (Å²) in [5, 5.41) is 18.6. The molecule has 2 nitrogen and oxygen atoms in total. The highest BCUT2D eigenvalue weighted by atomic mass is 16.3. The van der Waals surface area contributed by atoms with E-state index >= 15 is 0 Å². The van der Waals surface area contributed by atoms with E-state index in [-0.39, 0.29) is 6.10 Å². The maximum Gasteiger partial charge on any atom is 0.118 e. The Morgan fingerprint density at radius 2 is 2.08 bits per heavy atom. The Kier molecular flexibility index (Phi) is 3.32. The Morgan fingerprint density at radius 3 is 2.69 bits per heavy atom. The van der Waals surface area contributed by atoms with E-state index in [0.717, 1.165) is 17.5 Å². The summed E-state index contributed by atoms with van der Waals surface area (Å²) in [7, 11) is 0. The van der Waals surface area contributed by atoms with Crippen LogP contribution in [-0.4, -0.2) is 16.3 Å². The van der Waals surface area contributed by atoms with Gasteiger partial charge in [0.05, 0.1) is 6.10 Å². The molecule has 0 aromatic heterocycles. The van der Waals surface area contributed by atoms with Gasteiger partial charge in [-0.3, -0.25) is 0 Å². The van der Waals surface area contributed by atoms with Crippen molar-refractivity contribution in [3.8, 4) is 5.75 Å². The third-order valence-corrected chi connectivity index (χ3v) is 2.07. The molecule has 0 unspecified atom stereocenters. The number of aliphatic hydroxyl groups excluding tert-OH is 1. The Morgan fingerprint density at radius 1 is 1.38 bits per heavy atom. The molecule has 0 saturated carbocycles. The second-order valence-electron chi connectivity index (χ2n) is 3.52. The molecule has 0 aliphatic carbocycles. The average molecular weight is 180 g/mol. The summed E-state index contributed by atoms with van der Waals surface area (Å²) in [6.45, 7) is 3.75. The fraction of sp³-hybridized carbons (Fsp3) is 0.455. The van der Waals surface area contributed by atoms with E-state index in [1.54, 1.807) is 13.0 Å². The first kappa shape index (κ1) is 10.1. The molecule has 1 aromatic rings. The highest BCUT2D eigenvalue weighted by Crippen LogP contribution is 2.20. The fourth-order valence-electron chi connectivity index (χ4n) is 1.28. The zero-order valence-electron chi connectivity index (χ0n) is 8.12. The van der Waals surface area contributed by atoms with Gasteiger partial charge in [0.25, 0.3) is 0 Å². The van der Waals surface area contributed by atoms with Gasteiger partial charge in [0.15, 0.2) is 0 Å². The first-order chi connectivity index (χ1) is 6.09. The summed E-state index contributed by atoms with van der Waals surface area (Å²) in [5.41, 5.74) is 2.05. The van der Waals surface area contributed by atoms with Crippen molar-refractivity contribution in [3.63, 3.8) is 0 Å². The largest absolute Gasteiger partial charge is 0.508 e. The zero-order valence-corrected chi connectivity index (χ0v) is 8.12. The lowest BCUT2D eigenvalue weighted by atomic mass is 10.0. The third-order valence-electron chi connectivity index (χ3n) is 2.07. The first-order valence-corrected chi connectivity index (χ1v) is 4.56. The third kappa shape index (κ3) is 3.07. The number of phenolic OH excluding ortho intramolecular Hbond substituents is 1. The first-order valence-electron chi connectivity index (χ1n) is 4.56. The quantitative estimate of drug-likeness (QED) is 0.747. The van der Waals surface area contributed by atoms with Crippen LogP contribution in [0.2, 0.25) is 0 Å². The predicted molar refractivity (Wildman–Crippen MR) is 52.8 cm³/mol. The van der Waals surface area contributed by atoms with Crippen LogP contribution in [0.15, 0.2) is 18.2 Å². The van der Waals surface area contributed by atoms with Gasteiger partial charge < -0.3 is 10.2 Å². The van der Waals surface area contributed by atoms with E-state index in [1.165, 1.54) is 0 Å². The molecule has 2 N–H and O–H groups in total. The summed E-state index contributed by atoms with van der Waals surface area (Å²) in [5.74, 6) is 0.325. The van der Waals surface area contributed by atoms with E-state index in [9.17, 15) is 5.11 Å². The number of aromatic hydroxyl groups is 1. The van der Waals surface area contributed by atoms with Gasteiger partial charge >= 0.3 is 0 Å². The molecule has 1 rings (SSSR count). The highest BCUT2D eigenvalue weighted by Gasteiger charge is 2.03. The number of benzene rings is 1. The SMILES string of the molecule is Cc1ccc(O)c(CC[C@H](C)O)c1. The summed E-state index contributed by atoms with van der Waals surface area (Å²) >= 11 is 0. The molecule has 0 radical (unpaired) electrons. The van der Waals surface area contributed by atoms with Gasteiger partial charge in [0, 0.05) is 0 Å². The van der Waals surface area contributed by atoms with Gasteiger partial charge in [0.2, 0.25) is 0 Å². The maximum atomic E-state index is 9.47. The highest BCUT2D eigenvalue weighted by molar-refractivity contribution is 5.35. The summed E-state index contributed by atoms with van der Waals surface area (Å²) in [6, 6.07) is 5.53. The van der Waals surface area contributed by atoms with Crippen molar-refractivity contribution in [1.29, 1.82) is 0 Å². The second-order valence-corrected chi connectivity index (χ2v) is 3.52.